The molecule has 2 atom stereocenters. The Morgan fingerprint density at radius 2 is 1.84 bits per heavy atom. The summed E-state index contributed by atoms with van der Waals surface area (Å²) in [5.41, 5.74) is 3.90. The summed E-state index contributed by atoms with van der Waals surface area (Å²) in [5, 5.41) is 3.11. The molecule has 7 heteroatoms. The van der Waals surface area contributed by atoms with Gasteiger partial charge in [-0.05, 0) is 80.0 Å². The molecule has 31 heavy (non-hydrogen) atoms. The number of piperidine rings is 1. The van der Waals surface area contributed by atoms with E-state index in [0.717, 1.165) is 18.4 Å². The molecule has 0 saturated carbocycles. The van der Waals surface area contributed by atoms with Gasteiger partial charge < -0.3 is 10.1 Å². The molecule has 1 heterocycles. The van der Waals surface area contributed by atoms with Crippen molar-refractivity contribution in [1.82, 2.24) is 9.62 Å². The van der Waals surface area contributed by atoms with Gasteiger partial charge in [0.05, 0.1) is 24.0 Å². The van der Waals surface area contributed by atoms with Crippen LogP contribution in [0.2, 0.25) is 0 Å². The molecule has 166 valence electrons. The number of nitrogens with one attached hydrogen (secondary N) is 1. The van der Waals surface area contributed by atoms with E-state index < -0.39 is 10.0 Å². The second-order valence-electron chi connectivity index (χ2n) is 8.49. The summed E-state index contributed by atoms with van der Waals surface area (Å²) >= 11 is 0. The van der Waals surface area contributed by atoms with Gasteiger partial charge in [0, 0.05) is 13.1 Å². The van der Waals surface area contributed by atoms with Gasteiger partial charge in [-0.2, -0.15) is 4.31 Å². The lowest BCUT2D eigenvalue weighted by atomic mass is 9.97. The Bertz CT molecular complexity index is 1050. The minimum Gasteiger partial charge on any atom is -0.497 e. The maximum atomic E-state index is 13.1. The van der Waals surface area contributed by atoms with Gasteiger partial charge >= 0.3 is 0 Å². The number of hydrogen-bond acceptors (Lipinski definition) is 4. The van der Waals surface area contributed by atoms with Crippen LogP contribution in [0.4, 0.5) is 0 Å². The van der Waals surface area contributed by atoms with E-state index in [1.54, 1.807) is 31.4 Å². The molecular formula is C24H30N2O4S. The van der Waals surface area contributed by atoms with Crippen molar-refractivity contribution < 1.29 is 17.9 Å². The Morgan fingerprint density at radius 1 is 1.10 bits per heavy atom. The lowest BCUT2D eigenvalue weighted by Gasteiger charge is -2.32. The van der Waals surface area contributed by atoms with Crippen molar-refractivity contribution in [2.45, 2.75) is 50.0 Å². The van der Waals surface area contributed by atoms with Crippen LogP contribution >= 0.6 is 0 Å². The Morgan fingerprint density at radius 3 is 2.58 bits per heavy atom. The van der Waals surface area contributed by atoms with Gasteiger partial charge in [0.1, 0.15) is 5.75 Å². The number of carbonyl (C=O) groups excluding carboxylic acids is 1. The Kier molecular flexibility index (Phi) is 6.34. The summed E-state index contributed by atoms with van der Waals surface area (Å²) in [4.78, 5) is 13.2. The average Bonchev–Trinajstić information content (AvgIpc) is 3.27. The third kappa shape index (κ3) is 4.62. The number of benzene rings is 2. The second-order valence-corrected chi connectivity index (χ2v) is 10.4. The van der Waals surface area contributed by atoms with Crippen molar-refractivity contribution in [3.8, 4) is 5.75 Å². The smallest absolute Gasteiger partial charge is 0.243 e. The number of amides is 1. The molecule has 6 nitrogen and oxygen atoms in total. The number of fused-ring (bicyclic) bond motifs is 1. The summed E-state index contributed by atoms with van der Waals surface area (Å²) in [6.45, 7) is 2.62. The Hall–Kier alpha value is -2.38. The minimum atomic E-state index is -3.64. The third-order valence-corrected chi connectivity index (χ3v) is 8.31. The Balaban J connectivity index is 1.42. The Labute approximate surface area is 184 Å². The molecule has 0 aromatic heterocycles. The van der Waals surface area contributed by atoms with Crippen LogP contribution in [0.25, 0.3) is 0 Å². The molecule has 1 N–H and O–H groups in total. The largest absolute Gasteiger partial charge is 0.497 e. The second kappa shape index (κ2) is 9.01. The fourth-order valence-corrected chi connectivity index (χ4v) is 6.07. The normalized spacial score (nSPS) is 20.1. The van der Waals surface area contributed by atoms with Crippen LogP contribution in [0.15, 0.2) is 47.4 Å². The zero-order valence-electron chi connectivity index (χ0n) is 18.1. The maximum Gasteiger partial charge on any atom is 0.243 e. The summed E-state index contributed by atoms with van der Waals surface area (Å²) in [5.74, 6) is 0.177. The summed E-state index contributed by atoms with van der Waals surface area (Å²) in [7, 11) is -2.10. The summed E-state index contributed by atoms with van der Waals surface area (Å²) in [6, 6.07) is 12.7. The predicted molar refractivity (Wildman–Crippen MR) is 120 cm³/mol. The number of aryl methyl sites for hydroxylation is 2. The molecule has 0 unspecified atom stereocenters. The van der Waals surface area contributed by atoms with E-state index in [2.05, 4.69) is 23.5 Å². The number of rotatable bonds is 6. The number of nitrogens with zero attached hydrogens (tertiary/aromatic N) is 1. The molecule has 0 spiro atoms. The predicted octanol–water partition coefficient (Wildman–Crippen LogP) is 3.46. The SMILES string of the molecule is COc1ccc(S(=O)(=O)N2CCC[C@H](C(=O)N[C@@H](C)c3ccc4c(c3)CCC4)C2)cc1. The lowest BCUT2D eigenvalue weighted by molar-refractivity contribution is -0.126. The molecule has 1 saturated heterocycles. The van der Waals surface area contributed by atoms with Crippen LogP contribution in [-0.2, 0) is 27.7 Å². The van der Waals surface area contributed by atoms with Crippen LogP contribution in [-0.4, -0.2) is 38.8 Å². The first-order valence-corrected chi connectivity index (χ1v) is 12.4. The molecule has 1 aliphatic carbocycles. The fourth-order valence-electron chi connectivity index (χ4n) is 4.55. The van der Waals surface area contributed by atoms with Gasteiger partial charge in [0.25, 0.3) is 0 Å². The van der Waals surface area contributed by atoms with E-state index in [9.17, 15) is 13.2 Å². The number of hydrogen-bond donors (Lipinski definition) is 1. The first-order chi connectivity index (χ1) is 14.9. The first kappa shape index (κ1) is 21.8. The molecule has 4 rings (SSSR count). The van der Waals surface area contributed by atoms with Crippen molar-refractivity contribution >= 4 is 15.9 Å². The van der Waals surface area contributed by atoms with Crippen LogP contribution in [0, 0.1) is 5.92 Å². The van der Waals surface area contributed by atoms with Crippen LogP contribution in [0.5, 0.6) is 5.75 Å². The molecule has 1 fully saturated rings. The van der Waals surface area contributed by atoms with E-state index in [1.165, 1.54) is 21.9 Å². The molecule has 1 amide bonds. The number of ether oxygens (including phenoxy) is 1. The van der Waals surface area contributed by atoms with Crippen molar-refractivity contribution in [3.05, 3.63) is 59.2 Å². The molecule has 2 aromatic carbocycles. The summed E-state index contributed by atoms with van der Waals surface area (Å²) in [6.07, 6.45) is 4.79. The number of methoxy groups -OCH3 is 1. The maximum absolute atomic E-state index is 13.1. The minimum absolute atomic E-state index is 0.0809. The van der Waals surface area contributed by atoms with Crippen molar-refractivity contribution in [1.29, 1.82) is 0 Å². The van der Waals surface area contributed by atoms with E-state index >= 15 is 0 Å². The monoisotopic (exact) mass is 442 g/mol. The highest BCUT2D eigenvalue weighted by Gasteiger charge is 2.33. The van der Waals surface area contributed by atoms with Crippen LogP contribution < -0.4 is 10.1 Å². The molecule has 1 aliphatic heterocycles. The fraction of sp³-hybridized carbons (Fsp3) is 0.458. The van der Waals surface area contributed by atoms with E-state index in [4.69, 9.17) is 4.74 Å². The van der Waals surface area contributed by atoms with Crippen LogP contribution in [0.1, 0.15) is 48.9 Å². The van der Waals surface area contributed by atoms with E-state index in [-0.39, 0.29) is 29.3 Å². The molecular weight excluding hydrogens is 412 g/mol. The topological polar surface area (TPSA) is 75.7 Å². The standard InChI is InChI=1S/C24H30N2O4S/c1-17(19-9-8-18-5-3-6-20(18)15-19)25-24(27)21-7-4-14-26(16-21)31(28,29)23-12-10-22(30-2)11-13-23/h8-13,15,17,21H,3-7,14,16H2,1-2H3,(H,25,27)/t17-,21-/m0/s1. The zero-order valence-corrected chi connectivity index (χ0v) is 19.0. The summed E-state index contributed by atoms with van der Waals surface area (Å²) < 4.78 is 32.7. The van der Waals surface area contributed by atoms with Gasteiger partial charge in [0.2, 0.25) is 15.9 Å². The van der Waals surface area contributed by atoms with Gasteiger partial charge in [-0.25, -0.2) is 8.42 Å². The van der Waals surface area contributed by atoms with Crippen molar-refractivity contribution in [2.24, 2.45) is 5.92 Å². The molecule has 2 aromatic rings. The molecule has 0 radical (unpaired) electrons. The number of sulfonamides is 1. The van der Waals surface area contributed by atoms with E-state index in [0.29, 0.717) is 25.1 Å². The van der Waals surface area contributed by atoms with Gasteiger partial charge in [-0.15, -0.1) is 0 Å². The lowest BCUT2D eigenvalue weighted by Crippen LogP contribution is -2.45. The van der Waals surface area contributed by atoms with Crippen LogP contribution in [0.3, 0.4) is 0 Å². The average molecular weight is 443 g/mol. The van der Waals surface area contributed by atoms with Crippen molar-refractivity contribution in [3.63, 3.8) is 0 Å². The van der Waals surface area contributed by atoms with Gasteiger partial charge in [-0.3, -0.25) is 4.79 Å². The van der Waals surface area contributed by atoms with E-state index in [1.807, 2.05) is 6.92 Å². The number of carbonyl (C=O) groups is 1. The highest BCUT2D eigenvalue weighted by Crippen LogP contribution is 2.28. The molecule has 2 aliphatic rings. The third-order valence-electron chi connectivity index (χ3n) is 6.43. The van der Waals surface area contributed by atoms with Gasteiger partial charge in [0.15, 0.2) is 0 Å². The van der Waals surface area contributed by atoms with Crippen molar-refractivity contribution in [2.75, 3.05) is 20.2 Å². The first-order valence-electron chi connectivity index (χ1n) is 10.9. The highest BCUT2D eigenvalue weighted by molar-refractivity contribution is 7.89. The van der Waals surface area contributed by atoms with Gasteiger partial charge in [-0.1, -0.05) is 18.2 Å². The quantitative estimate of drug-likeness (QED) is 0.743. The zero-order chi connectivity index (χ0) is 22.0. The highest BCUT2D eigenvalue weighted by atomic mass is 32.2. The molecule has 0 bridgehead atoms.